The van der Waals surface area contributed by atoms with Crippen LogP contribution in [0, 0.1) is 0 Å². The van der Waals surface area contributed by atoms with Crippen LogP contribution in [0.5, 0.6) is 0 Å². The molecule has 4 aromatic rings. The maximum Gasteiger partial charge on any atom is 0.251 e. The van der Waals surface area contributed by atoms with E-state index in [2.05, 4.69) is 54.9 Å². The summed E-state index contributed by atoms with van der Waals surface area (Å²) in [7, 11) is 3.97. The summed E-state index contributed by atoms with van der Waals surface area (Å²) >= 11 is 0. The average molecular weight is 455 g/mol. The van der Waals surface area contributed by atoms with E-state index in [-0.39, 0.29) is 11.9 Å². The number of fused-ring (bicyclic) bond motifs is 1. The van der Waals surface area contributed by atoms with Crippen LogP contribution < -0.4 is 10.6 Å². The number of carbonyl (C=O) groups excluding carboxylic acids is 1. The van der Waals surface area contributed by atoms with Crippen molar-refractivity contribution in [1.82, 2.24) is 34.9 Å². The van der Waals surface area contributed by atoms with Gasteiger partial charge in [0.15, 0.2) is 11.6 Å². The number of anilines is 1. The van der Waals surface area contributed by atoms with Crippen molar-refractivity contribution >= 4 is 11.6 Å². The summed E-state index contributed by atoms with van der Waals surface area (Å²) in [6, 6.07) is 17.5. The van der Waals surface area contributed by atoms with Crippen LogP contribution >= 0.6 is 0 Å². The van der Waals surface area contributed by atoms with Gasteiger partial charge in [-0.25, -0.2) is 9.97 Å². The number of hydrogen-bond donors (Lipinski definition) is 2. The van der Waals surface area contributed by atoms with Crippen LogP contribution in [0.25, 0.3) is 11.5 Å². The molecule has 0 spiro atoms. The molecule has 2 N–H and O–H groups in total. The van der Waals surface area contributed by atoms with Gasteiger partial charge in [0, 0.05) is 37.6 Å². The Morgan fingerprint density at radius 2 is 1.97 bits per heavy atom. The van der Waals surface area contributed by atoms with E-state index in [1.165, 1.54) is 17.5 Å². The molecule has 1 amide bonds. The average Bonchev–Trinajstić information content (AvgIpc) is 3.23. The number of amides is 1. The number of benzene rings is 2. The third-order valence-electron chi connectivity index (χ3n) is 6.02. The maximum absolute atomic E-state index is 13.1. The van der Waals surface area contributed by atoms with Crippen molar-refractivity contribution in [3.05, 3.63) is 89.6 Å². The molecule has 1 aliphatic heterocycles. The summed E-state index contributed by atoms with van der Waals surface area (Å²) in [6.07, 6.45) is 3.16. The molecule has 0 fully saturated rings. The third-order valence-corrected chi connectivity index (χ3v) is 6.02. The van der Waals surface area contributed by atoms with E-state index in [0.29, 0.717) is 23.6 Å². The SMILES string of the molecule is CN1Cc2ccccc2C(NC(=O)c2cccc(NCc3nnc(-c4ccncn4)n3C)c2)C1. The fourth-order valence-corrected chi connectivity index (χ4v) is 4.26. The van der Waals surface area contributed by atoms with Crippen molar-refractivity contribution in [3.8, 4) is 11.5 Å². The minimum absolute atomic E-state index is 0.0436. The van der Waals surface area contributed by atoms with Crippen LogP contribution in [0.15, 0.2) is 67.1 Å². The van der Waals surface area contributed by atoms with E-state index in [4.69, 9.17) is 0 Å². The van der Waals surface area contributed by atoms with E-state index in [1.807, 2.05) is 48.0 Å². The van der Waals surface area contributed by atoms with Crippen molar-refractivity contribution in [2.24, 2.45) is 7.05 Å². The lowest BCUT2D eigenvalue weighted by atomic mass is 9.95. The Hall–Kier alpha value is -4.11. The maximum atomic E-state index is 13.1. The smallest absolute Gasteiger partial charge is 0.251 e. The first-order valence-electron chi connectivity index (χ1n) is 11.1. The Kier molecular flexibility index (Phi) is 6.01. The molecule has 2 aromatic carbocycles. The van der Waals surface area contributed by atoms with Crippen LogP contribution in [0.1, 0.15) is 33.4 Å². The van der Waals surface area contributed by atoms with Gasteiger partial charge < -0.3 is 15.2 Å². The first kappa shape index (κ1) is 21.7. The topological polar surface area (TPSA) is 101 Å². The second-order valence-corrected chi connectivity index (χ2v) is 8.45. The van der Waals surface area contributed by atoms with Crippen molar-refractivity contribution in [1.29, 1.82) is 0 Å². The molecule has 0 radical (unpaired) electrons. The van der Waals surface area contributed by atoms with Gasteiger partial charge in [-0.2, -0.15) is 0 Å². The minimum Gasteiger partial charge on any atom is -0.378 e. The standard InChI is InChI=1S/C25H26N8O/c1-32-14-18-6-3-4-9-20(18)22(15-32)29-25(34)17-7-5-8-19(12-17)27-13-23-30-31-24(33(23)2)21-10-11-26-16-28-21/h3-12,16,22,27H,13-15H2,1-2H3,(H,29,34). The largest absolute Gasteiger partial charge is 0.378 e. The van der Waals surface area contributed by atoms with E-state index in [9.17, 15) is 4.79 Å². The van der Waals surface area contributed by atoms with Crippen molar-refractivity contribution < 1.29 is 4.79 Å². The first-order valence-corrected chi connectivity index (χ1v) is 11.1. The fraction of sp³-hybridized carbons (Fsp3) is 0.240. The Labute approximate surface area is 197 Å². The number of nitrogens with one attached hydrogen (secondary N) is 2. The van der Waals surface area contributed by atoms with E-state index in [0.717, 1.165) is 24.6 Å². The molecule has 172 valence electrons. The van der Waals surface area contributed by atoms with Crippen LogP contribution in [-0.2, 0) is 20.1 Å². The molecule has 0 saturated heterocycles. The highest BCUT2D eigenvalue weighted by atomic mass is 16.1. The predicted molar refractivity (Wildman–Crippen MR) is 129 cm³/mol. The second kappa shape index (κ2) is 9.40. The first-order chi connectivity index (χ1) is 16.6. The zero-order valence-corrected chi connectivity index (χ0v) is 19.1. The Bertz CT molecular complexity index is 1300. The van der Waals surface area contributed by atoms with Gasteiger partial charge in [0.1, 0.15) is 12.0 Å². The van der Waals surface area contributed by atoms with Crippen molar-refractivity contribution in [2.75, 3.05) is 18.9 Å². The molecule has 0 saturated carbocycles. The van der Waals surface area contributed by atoms with E-state index in [1.54, 1.807) is 12.3 Å². The summed E-state index contributed by atoms with van der Waals surface area (Å²) in [6.45, 7) is 2.13. The molecular weight excluding hydrogens is 428 g/mol. The molecule has 2 aromatic heterocycles. The van der Waals surface area contributed by atoms with Gasteiger partial charge >= 0.3 is 0 Å². The summed E-state index contributed by atoms with van der Waals surface area (Å²) in [5, 5.41) is 15.1. The third kappa shape index (κ3) is 4.51. The summed E-state index contributed by atoms with van der Waals surface area (Å²) in [5.41, 5.74) is 4.59. The lowest BCUT2D eigenvalue weighted by Crippen LogP contribution is -2.40. The molecule has 1 atom stereocenters. The van der Waals surface area contributed by atoms with E-state index < -0.39 is 0 Å². The van der Waals surface area contributed by atoms with Gasteiger partial charge in [0.2, 0.25) is 0 Å². The molecule has 1 unspecified atom stereocenters. The second-order valence-electron chi connectivity index (χ2n) is 8.45. The minimum atomic E-state index is -0.0940. The lowest BCUT2D eigenvalue weighted by molar-refractivity contribution is 0.0922. The highest BCUT2D eigenvalue weighted by molar-refractivity contribution is 5.95. The van der Waals surface area contributed by atoms with E-state index >= 15 is 0 Å². The van der Waals surface area contributed by atoms with Gasteiger partial charge in [-0.05, 0) is 42.4 Å². The van der Waals surface area contributed by atoms with Gasteiger partial charge in [0.05, 0.1) is 12.6 Å². The van der Waals surface area contributed by atoms with Crippen LogP contribution in [0.4, 0.5) is 5.69 Å². The monoisotopic (exact) mass is 454 g/mol. The quantitative estimate of drug-likeness (QED) is 0.462. The van der Waals surface area contributed by atoms with Crippen LogP contribution in [-0.4, -0.2) is 49.1 Å². The summed E-state index contributed by atoms with van der Waals surface area (Å²) in [4.78, 5) is 23.5. The number of aromatic nitrogens is 5. The Morgan fingerprint density at radius 1 is 1.09 bits per heavy atom. The molecule has 0 bridgehead atoms. The highest BCUT2D eigenvalue weighted by Gasteiger charge is 2.24. The fourth-order valence-electron chi connectivity index (χ4n) is 4.26. The molecule has 5 rings (SSSR count). The number of carbonyl (C=O) groups is 1. The molecule has 3 heterocycles. The molecule has 0 aliphatic carbocycles. The molecule has 34 heavy (non-hydrogen) atoms. The number of rotatable bonds is 6. The van der Waals surface area contributed by atoms with Gasteiger partial charge in [-0.1, -0.05) is 30.3 Å². The normalized spacial score (nSPS) is 15.5. The zero-order chi connectivity index (χ0) is 23.5. The predicted octanol–water partition coefficient (Wildman–Crippen LogP) is 2.80. The number of nitrogens with zero attached hydrogens (tertiary/aromatic N) is 6. The molecule has 9 nitrogen and oxygen atoms in total. The zero-order valence-electron chi connectivity index (χ0n) is 19.1. The Balaban J connectivity index is 1.27. The van der Waals surface area contributed by atoms with Crippen LogP contribution in [0.2, 0.25) is 0 Å². The summed E-state index contributed by atoms with van der Waals surface area (Å²) in [5.74, 6) is 1.33. The highest BCUT2D eigenvalue weighted by Crippen LogP contribution is 2.26. The van der Waals surface area contributed by atoms with Crippen molar-refractivity contribution in [2.45, 2.75) is 19.1 Å². The number of likely N-dealkylation sites (N-methyl/N-ethyl adjacent to an activating group) is 1. The van der Waals surface area contributed by atoms with Gasteiger partial charge in [-0.15, -0.1) is 10.2 Å². The lowest BCUT2D eigenvalue weighted by Gasteiger charge is -2.32. The molecule has 1 aliphatic rings. The van der Waals surface area contributed by atoms with Crippen LogP contribution in [0.3, 0.4) is 0 Å². The van der Waals surface area contributed by atoms with Gasteiger partial charge in [-0.3, -0.25) is 9.69 Å². The number of hydrogen-bond acceptors (Lipinski definition) is 7. The van der Waals surface area contributed by atoms with Crippen molar-refractivity contribution in [3.63, 3.8) is 0 Å². The molecular formula is C25H26N8O. The Morgan fingerprint density at radius 3 is 2.82 bits per heavy atom. The molecule has 9 heteroatoms. The summed E-state index contributed by atoms with van der Waals surface area (Å²) < 4.78 is 1.89. The van der Waals surface area contributed by atoms with Gasteiger partial charge in [0.25, 0.3) is 5.91 Å².